The number of rotatable bonds is 2. The van der Waals surface area contributed by atoms with Crippen molar-refractivity contribution in [1.29, 1.82) is 0 Å². The summed E-state index contributed by atoms with van der Waals surface area (Å²) in [4.78, 5) is 11.1. The highest BCUT2D eigenvalue weighted by molar-refractivity contribution is 5.86. The van der Waals surface area contributed by atoms with Crippen molar-refractivity contribution in [3.05, 3.63) is 30.1 Å². The zero-order valence-corrected chi connectivity index (χ0v) is 12.9. The molecule has 1 aromatic heterocycles. The fourth-order valence-electron chi connectivity index (χ4n) is 2.90. The number of aromatic carboxylic acids is 1. The van der Waals surface area contributed by atoms with Crippen molar-refractivity contribution < 1.29 is 29.4 Å². The first kappa shape index (κ1) is 15.9. The lowest BCUT2D eigenvalue weighted by molar-refractivity contribution is -0.818. The van der Waals surface area contributed by atoms with Crippen molar-refractivity contribution >= 4 is 5.97 Å². The average Bonchev–Trinajstić information content (AvgIpc) is 2.46. The van der Waals surface area contributed by atoms with Crippen molar-refractivity contribution in [2.45, 2.75) is 57.1 Å². The standard InChI is InChI=1S/C15H21NO5/c1-12(2)13(3,19)14(4,20)15(5,21-12)16-8-6-7-10(9-16)11(17)18/h6-9,19-20H,1-5H3/p+1/t13?,14?,15-/m1/s1. The van der Waals surface area contributed by atoms with Gasteiger partial charge in [-0.1, -0.05) is 0 Å². The summed E-state index contributed by atoms with van der Waals surface area (Å²) in [6.45, 7) is 8.01. The molecule has 6 heteroatoms. The molecule has 1 fully saturated rings. The fraction of sp³-hybridized carbons (Fsp3) is 0.600. The minimum Gasteiger partial charge on any atom is -0.477 e. The largest absolute Gasteiger partial charge is 0.477 e. The van der Waals surface area contributed by atoms with Crippen LogP contribution in [0.3, 0.4) is 0 Å². The van der Waals surface area contributed by atoms with Crippen LogP contribution in [-0.2, 0) is 10.5 Å². The Morgan fingerprint density at radius 3 is 2.14 bits per heavy atom. The van der Waals surface area contributed by atoms with Crippen molar-refractivity contribution in [2.24, 2.45) is 0 Å². The van der Waals surface area contributed by atoms with Crippen molar-refractivity contribution in [2.75, 3.05) is 0 Å². The molecule has 1 saturated heterocycles. The summed E-state index contributed by atoms with van der Waals surface area (Å²) < 4.78 is 7.44. The van der Waals surface area contributed by atoms with Crippen LogP contribution in [0.2, 0.25) is 0 Å². The lowest BCUT2D eigenvalue weighted by Gasteiger charge is -2.38. The lowest BCUT2D eigenvalue weighted by atomic mass is 9.73. The van der Waals surface area contributed by atoms with Crippen LogP contribution in [0.5, 0.6) is 0 Å². The Hall–Kier alpha value is -1.50. The van der Waals surface area contributed by atoms with Gasteiger partial charge in [0.15, 0.2) is 18.0 Å². The molecule has 2 unspecified atom stereocenters. The van der Waals surface area contributed by atoms with Gasteiger partial charge in [-0.05, 0) is 33.8 Å². The van der Waals surface area contributed by atoms with E-state index in [-0.39, 0.29) is 5.56 Å². The maximum Gasteiger partial charge on any atom is 0.341 e. The molecule has 6 nitrogen and oxygen atoms in total. The van der Waals surface area contributed by atoms with E-state index < -0.39 is 28.5 Å². The Kier molecular flexibility index (Phi) is 3.22. The number of pyridine rings is 1. The molecule has 0 bridgehead atoms. The Labute approximate surface area is 123 Å². The molecule has 1 aliphatic rings. The summed E-state index contributed by atoms with van der Waals surface area (Å²) in [7, 11) is 0. The van der Waals surface area contributed by atoms with E-state index in [9.17, 15) is 15.0 Å². The molecule has 21 heavy (non-hydrogen) atoms. The smallest absolute Gasteiger partial charge is 0.341 e. The Morgan fingerprint density at radius 1 is 1.14 bits per heavy atom. The van der Waals surface area contributed by atoms with Gasteiger partial charge in [-0.2, -0.15) is 4.57 Å². The van der Waals surface area contributed by atoms with E-state index >= 15 is 0 Å². The maximum absolute atomic E-state index is 11.1. The third-order valence-corrected chi connectivity index (χ3v) is 5.02. The number of aliphatic hydroxyl groups is 2. The lowest BCUT2D eigenvalue weighted by Crippen LogP contribution is -2.69. The van der Waals surface area contributed by atoms with E-state index in [4.69, 9.17) is 9.84 Å². The molecule has 0 aromatic carbocycles. The van der Waals surface area contributed by atoms with Gasteiger partial charge in [0.1, 0.15) is 16.8 Å². The minimum absolute atomic E-state index is 0.0717. The number of carboxylic acids is 1. The summed E-state index contributed by atoms with van der Waals surface area (Å²) in [6, 6.07) is 3.02. The topological polar surface area (TPSA) is 90.9 Å². The van der Waals surface area contributed by atoms with Crippen molar-refractivity contribution in [3.8, 4) is 0 Å². The van der Waals surface area contributed by atoms with Crippen LogP contribution in [0.15, 0.2) is 24.5 Å². The summed E-state index contributed by atoms with van der Waals surface area (Å²) in [5.41, 5.74) is -5.42. The highest BCUT2D eigenvalue weighted by Crippen LogP contribution is 2.52. The summed E-state index contributed by atoms with van der Waals surface area (Å²) in [5.74, 6) is -1.07. The number of nitrogens with zero attached hydrogens (tertiary/aromatic N) is 1. The van der Waals surface area contributed by atoms with Gasteiger partial charge in [-0.25, -0.2) is 4.79 Å². The molecule has 0 radical (unpaired) electrons. The van der Waals surface area contributed by atoms with Crippen LogP contribution in [0.4, 0.5) is 0 Å². The summed E-state index contributed by atoms with van der Waals surface area (Å²) in [6.07, 6.45) is 2.99. The minimum atomic E-state index is -1.63. The second-order valence-corrected chi connectivity index (χ2v) is 6.54. The quantitative estimate of drug-likeness (QED) is 0.697. The van der Waals surface area contributed by atoms with Crippen LogP contribution in [0.25, 0.3) is 0 Å². The molecule has 2 heterocycles. The van der Waals surface area contributed by atoms with Gasteiger partial charge >= 0.3 is 11.7 Å². The number of aromatic nitrogens is 1. The van der Waals surface area contributed by atoms with Crippen LogP contribution < -0.4 is 4.57 Å². The van der Waals surface area contributed by atoms with Gasteiger partial charge < -0.3 is 20.1 Å². The number of ether oxygens (including phenoxy) is 1. The Morgan fingerprint density at radius 2 is 1.71 bits per heavy atom. The molecule has 0 spiro atoms. The van der Waals surface area contributed by atoms with Crippen molar-refractivity contribution in [1.82, 2.24) is 0 Å². The molecule has 0 amide bonds. The maximum atomic E-state index is 11.1. The van der Waals surface area contributed by atoms with Gasteiger partial charge in [-0.3, -0.25) is 0 Å². The molecule has 0 aliphatic carbocycles. The zero-order valence-electron chi connectivity index (χ0n) is 12.9. The summed E-state index contributed by atoms with van der Waals surface area (Å²) >= 11 is 0. The predicted octanol–water partition coefficient (Wildman–Crippen LogP) is 0.656. The van der Waals surface area contributed by atoms with Gasteiger partial charge in [0.25, 0.3) is 0 Å². The molecule has 3 N–H and O–H groups in total. The third kappa shape index (κ3) is 1.90. The van der Waals surface area contributed by atoms with Gasteiger partial charge in [0, 0.05) is 13.0 Å². The van der Waals surface area contributed by atoms with E-state index in [2.05, 4.69) is 0 Å². The molecule has 1 aromatic rings. The van der Waals surface area contributed by atoms with Gasteiger partial charge in [-0.15, -0.1) is 0 Å². The highest BCUT2D eigenvalue weighted by atomic mass is 16.6. The molecule has 116 valence electrons. The van der Waals surface area contributed by atoms with E-state index in [1.54, 1.807) is 33.0 Å². The highest BCUT2D eigenvalue weighted by Gasteiger charge is 2.75. The van der Waals surface area contributed by atoms with E-state index in [0.717, 1.165) is 0 Å². The van der Waals surface area contributed by atoms with Crippen LogP contribution in [0.1, 0.15) is 45.0 Å². The van der Waals surface area contributed by atoms with Crippen molar-refractivity contribution in [3.63, 3.8) is 0 Å². The number of hydrogen-bond donors (Lipinski definition) is 3. The number of carboxylic acid groups (broad SMARTS) is 1. The normalized spacial score (nSPS) is 38.4. The second-order valence-electron chi connectivity index (χ2n) is 6.54. The first-order chi connectivity index (χ1) is 9.37. The van der Waals surface area contributed by atoms with Crippen LogP contribution >= 0.6 is 0 Å². The van der Waals surface area contributed by atoms with E-state index in [0.29, 0.717) is 0 Å². The number of hydrogen-bond acceptors (Lipinski definition) is 4. The van der Waals surface area contributed by atoms with Gasteiger partial charge in [0.05, 0.1) is 0 Å². The van der Waals surface area contributed by atoms with E-state index in [1.807, 2.05) is 0 Å². The molecule has 1 aliphatic heterocycles. The molecule has 3 atom stereocenters. The average molecular weight is 296 g/mol. The predicted molar refractivity (Wildman–Crippen MR) is 73.7 cm³/mol. The first-order valence-electron chi connectivity index (χ1n) is 6.77. The van der Waals surface area contributed by atoms with Gasteiger partial charge in [0.2, 0.25) is 0 Å². The zero-order chi connectivity index (χ0) is 16.3. The second kappa shape index (κ2) is 4.25. The first-order valence-corrected chi connectivity index (χ1v) is 6.77. The fourth-order valence-corrected chi connectivity index (χ4v) is 2.90. The van der Waals surface area contributed by atoms with Crippen LogP contribution in [0, 0.1) is 0 Å². The molecule has 0 saturated carbocycles. The van der Waals surface area contributed by atoms with E-state index in [1.165, 1.54) is 30.7 Å². The van der Waals surface area contributed by atoms with Crippen LogP contribution in [-0.4, -0.2) is 38.1 Å². The Bertz CT molecular complexity index is 593. The SMILES string of the molecule is CC1(C)O[C@@](C)([n+]2cccc(C(=O)O)c2)C(C)(O)C1(C)O. The number of carbonyl (C=O) groups is 1. The Balaban J connectivity index is 2.63. The molecular weight excluding hydrogens is 274 g/mol. The third-order valence-electron chi connectivity index (χ3n) is 5.02. The summed E-state index contributed by atoms with van der Waals surface area (Å²) in [5, 5.41) is 30.7. The molecular formula is C15H22NO5+. The molecule has 2 rings (SSSR count). The monoisotopic (exact) mass is 296 g/mol.